The highest BCUT2D eigenvalue weighted by atomic mass is 15.3. The number of hydrogen-bond donors (Lipinski definition) is 1. The molecule has 0 amide bonds. The van der Waals surface area contributed by atoms with E-state index in [1.165, 1.54) is 0 Å². The van der Waals surface area contributed by atoms with E-state index >= 15 is 0 Å². The Hall–Kier alpha value is -1.90. The predicted molar refractivity (Wildman–Crippen MR) is 70.9 cm³/mol. The van der Waals surface area contributed by atoms with Gasteiger partial charge in [0.25, 0.3) is 0 Å². The van der Waals surface area contributed by atoms with Crippen LogP contribution in [0.3, 0.4) is 0 Å². The molecule has 0 fully saturated rings. The lowest BCUT2D eigenvalue weighted by atomic mass is 10.1. The average molecular weight is 248 g/mol. The Balaban J connectivity index is 2.92. The molecule has 0 bridgehead atoms. The summed E-state index contributed by atoms with van der Waals surface area (Å²) in [4.78, 5) is 14.6. The smallest absolute Gasteiger partial charge is 0.230 e. The lowest BCUT2D eigenvalue weighted by Gasteiger charge is -2.20. The van der Waals surface area contributed by atoms with Crippen LogP contribution in [-0.4, -0.2) is 28.0 Å². The van der Waals surface area contributed by atoms with Gasteiger partial charge >= 0.3 is 0 Å². The number of anilines is 2. The van der Waals surface area contributed by atoms with Gasteiger partial charge in [0.1, 0.15) is 5.82 Å². The molecule has 1 aromatic heterocycles. The molecule has 98 valence electrons. The van der Waals surface area contributed by atoms with E-state index < -0.39 is 0 Å². The van der Waals surface area contributed by atoms with Crippen LogP contribution in [0.4, 0.5) is 11.9 Å². The first-order valence-corrected chi connectivity index (χ1v) is 6.19. The van der Waals surface area contributed by atoms with Crippen molar-refractivity contribution >= 4 is 11.9 Å². The zero-order valence-electron chi connectivity index (χ0n) is 11.2. The van der Waals surface area contributed by atoms with E-state index in [1.54, 1.807) is 0 Å². The van der Waals surface area contributed by atoms with E-state index in [9.17, 15) is 0 Å². The van der Waals surface area contributed by atoms with Crippen LogP contribution < -0.4 is 10.6 Å². The first kappa shape index (κ1) is 14.2. The summed E-state index contributed by atoms with van der Waals surface area (Å²) in [6.45, 7) is 7.56. The molecule has 18 heavy (non-hydrogen) atoms. The third-order valence-corrected chi connectivity index (χ3v) is 2.44. The van der Waals surface area contributed by atoms with Crippen molar-refractivity contribution in [2.75, 3.05) is 23.7 Å². The van der Waals surface area contributed by atoms with Crippen LogP contribution in [-0.2, 0) is 6.42 Å². The molecule has 6 heteroatoms. The van der Waals surface area contributed by atoms with Gasteiger partial charge in [0.05, 0.1) is 12.5 Å². The maximum atomic E-state index is 8.63. The van der Waals surface area contributed by atoms with Gasteiger partial charge in [-0.15, -0.1) is 0 Å². The van der Waals surface area contributed by atoms with Crippen molar-refractivity contribution in [1.82, 2.24) is 15.0 Å². The average Bonchev–Trinajstić information content (AvgIpc) is 2.28. The highest BCUT2D eigenvalue weighted by Gasteiger charge is 2.11. The molecule has 0 aliphatic rings. The predicted octanol–water partition coefficient (Wildman–Crippen LogP) is 1.39. The number of nitrogens with zero attached hydrogens (tertiary/aromatic N) is 5. The Morgan fingerprint density at radius 1 is 1.33 bits per heavy atom. The van der Waals surface area contributed by atoms with Crippen molar-refractivity contribution in [2.45, 2.75) is 33.6 Å². The molecular formula is C12H20N6. The second-order valence-electron chi connectivity index (χ2n) is 4.50. The zero-order valence-corrected chi connectivity index (χ0v) is 11.2. The molecule has 1 aromatic rings. The summed E-state index contributed by atoms with van der Waals surface area (Å²) >= 11 is 0. The lowest BCUT2D eigenvalue weighted by molar-refractivity contribution is 0.616. The molecule has 0 unspecified atom stereocenters. The van der Waals surface area contributed by atoms with Crippen molar-refractivity contribution in [3.63, 3.8) is 0 Å². The van der Waals surface area contributed by atoms with E-state index in [0.717, 1.165) is 13.0 Å². The third kappa shape index (κ3) is 4.17. The standard InChI is InChI=1S/C12H20N6/c1-4-18(7-5-6-13)12-16-10(8-9(2)3)15-11(14)17-12/h9H,4-5,7-8H2,1-3H3,(H2,14,15,16,17). The number of rotatable bonds is 6. The van der Waals surface area contributed by atoms with E-state index in [0.29, 0.717) is 30.7 Å². The summed E-state index contributed by atoms with van der Waals surface area (Å²) in [6.07, 6.45) is 1.22. The van der Waals surface area contributed by atoms with Gasteiger partial charge in [0.2, 0.25) is 11.9 Å². The Bertz CT molecular complexity index is 423. The minimum absolute atomic E-state index is 0.242. The second-order valence-corrected chi connectivity index (χ2v) is 4.50. The summed E-state index contributed by atoms with van der Waals surface area (Å²) in [6, 6.07) is 2.12. The van der Waals surface area contributed by atoms with E-state index in [-0.39, 0.29) is 5.95 Å². The molecule has 0 aliphatic heterocycles. The lowest BCUT2D eigenvalue weighted by Crippen LogP contribution is -2.27. The van der Waals surface area contributed by atoms with Gasteiger partial charge in [0, 0.05) is 19.5 Å². The van der Waals surface area contributed by atoms with Gasteiger partial charge in [0.15, 0.2) is 0 Å². The van der Waals surface area contributed by atoms with Crippen LogP contribution >= 0.6 is 0 Å². The van der Waals surface area contributed by atoms with Crippen LogP contribution in [0.1, 0.15) is 33.0 Å². The number of nitriles is 1. The fraction of sp³-hybridized carbons (Fsp3) is 0.667. The van der Waals surface area contributed by atoms with E-state index in [1.807, 2.05) is 11.8 Å². The monoisotopic (exact) mass is 248 g/mol. The minimum atomic E-state index is 0.242. The Morgan fingerprint density at radius 2 is 2.06 bits per heavy atom. The van der Waals surface area contributed by atoms with Gasteiger partial charge in [-0.05, 0) is 12.8 Å². The minimum Gasteiger partial charge on any atom is -0.368 e. The van der Waals surface area contributed by atoms with Gasteiger partial charge < -0.3 is 10.6 Å². The molecule has 0 radical (unpaired) electrons. The summed E-state index contributed by atoms with van der Waals surface area (Å²) in [7, 11) is 0. The Labute approximate surface area is 108 Å². The van der Waals surface area contributed by atoms with Crippen molar-refractivity contribution in [3.8, 4) is 6.07 Å². The first-order valence-electron chi connectivity index (χ1n) is 6.19. The highest BCUT2D eigenvalue weighted by molar-refractivity contribution is 5.34. The quantitative estimate of drug-likeness (QED) is 0.818. The van der Waals surface area contributed by atoms with Crippen LogP contribution in [0.2, 0.25) is 0 Å². The summed E-state index contributed by atoms with van der Waals surface area (Å²) in [5.74, 6) is 1.98. The molecule has 0 spiro atoms. The summed E-state index contributed by atoms with van der Waals surface area (Å²) < 4.78 is 0. The van der Waals surface area contributed by atoms with Crippen molar-refractivity contribution in [3.05, 3.63) is 5.82 Å². The molecule has 0 atom stereocenters. The Kier molecular flexibility index (Phi) is 5.31. The molecule has 0 aromatic carbocycles. The molecular weight excluding hydrogens is 228 g/mol. The van der Waals surface area contributed by atoms with Crippen LogP contribution in [0, 0.1) is 17.2 Å². The number of nitrogen functional groups attached to an aromatic ring is 1. The molecule has 6 nitrogen and oxygen atoms in total. The van der Waals surface area contributed by atoms with Crippen molar-refractivity contribution in [1.29, 1.82) is 5.26 Å². The normalized spacial score (nSPS) is 10.4. The number of aromatic nitrogens is 3. The van der Waals surface area contributed by atoms with E-state index in [4.69, 9.17) is 11.0 Å². The summed E-state index contributed by atoms with van der Waals surface area (Å²) in [5.41, 5.74) is 5.70. The number of hydrogen-bond acceptors (Lipinski definition) is 6. The Morgan fingerprint density at radius 3 is 2.61 bits per heavy atom. The largest absolute Gasteiger partial charge is 0.368 e. The maximum absolute atomic E-state index is 8.63. The third-order valence-electron chi connectivity index (χ3n) is 2.44. The topological polar surface area (TPSA) is 91.7 Å². The van der Waals surface area contributed by atoms with Gasteiger partial charge in [-0.2, -0.15) is 20.2 Å². The SMILES string of the molecule is CCN(CCC#N)c1nc(N)nc(CC(C)C)n1. The van der Waals surface area contributed by atoms with Crippen molar-refractivity contribution in [2.24, 2.45) is 5.92 Å². The molecule has 0 saturated heterocycles. The molecule has 0 aliphatic carbocycles. The highest BCUT2D eigenvalue weighted by Crippen LogP contribution is 2.12. The van der Waals surface area contributed by atoms with E-state index in [2.05, 4.69) is 34.9 Å². The van der Waals surface area contributed by atoms with Gasteiger partial charge in [-0.25, -0.2) is 0 Å². The van der Waals surface area contributed by atoms with Crippen LogP contribution in [0.25, 0.3) is 0 Å². The maximum Gasteiger partial charge on any atom is 0.230 e. The fourth-order valence-corrected chi connectivity index (χ4v) is 1.61. The first-order chi connectivity index (χ1) is 8.56. The summed E-state index contributed by atoms with van der Waals surface area (Å²) in [5, 5.41) is 8.63. The fourth-order valence-electron chi connectivity index (χ4n) is 1.61. The van der Waals surface area contributed by atoms with Gasteiger partial charge in [-0.3, -0.25) is 0 Å². The molecule has 1 rings (SSSR count). The molecule has 2 N–H and O–H groups in total. The van der Waals surface area contributed by atoms with Gasteiger partial charge in [-0.1, -0.05) is 13.8 Å². The van der Waals surface area contributed by atoms with Crippen LogP contribution in [0.5, 0.6) is 0 Å². The molecule has 0 saturated carbocycles. The second kappa shape index (κ2) is 6.74. The number of nitrogens with two attached hydrogens (primary N) is 1. The molecule has 1 heterocycles. The van der Waals surface area contributed by atoms with Crippen molar-refractivity contribution < 1.29 is 0 Å². The van der Waals surface area contributed by atoms with Crippen LogP contribution in [0.15, 0.2) is 0 Å². The zero-order chi connectivity index (χ0) is 13.5.